The molecule has 0 aliphatic heterocycles. The number of allylic oxidation sites excluding steroid dienone is 16. The van der Waals surface area contributed by atoms with Crippen LogP contribution in [0.1, 0.15) is 387 Å². The molecule has 12 fully saturated rings. The molecule has 34 atom stereocenters. The van der Waals surface area contributed by atoms with Gasteiger partial charge >= 0.3 is 23.9 Å². The average Bonchev–Trinajstić information content (AvgIpc) is 0.676. The molecule has 0 radical (unpaired) electrons. The number of fused-ring (bicyclic) bond motifs is 28. The summed E-state index contributed by atoms with van der Waals surface area (Å²) in [5.74, 6) is 2.22. The van der Waals surface area contributed by atoms with Crippen LogP contribution in [-0.2, 0) is 57.3 Å². The van der Waals surface area contributed by atoms with Crippen molar-refractivity contribution >= 4 is 47.0 Å². The fourth-order valence-corrected chi connectivity index (χ4v) is 41.6. The Morgan fingerprint density at radius 3 is 0.836 bits per heavy atom. The standard InChI is InChI=1S/C33H47NO4.C33H47NO3.C32H48O4.C32H48O3/c1-20-22(34-8)18-29(4)24(30(20,5)19-35)10-11-31(6)25(29)16-23(36)26-21-17-28(2,3)12-14-33(21,27(37)38-9)15-13-32(26,31)7;1-20-22(34-9)19-30(6)24(29(20,4)5)11-12-31(7)25(30)17-23(35)26-21-18-28(2,3)13-15-33(21,27(36)37-10)16-14-32(26,31)8;1-20-9-11-28(4)23(29(20,5)19-33)10-12-30(6)24(28)17-22(34)25-21-18-27(2,3)13-15-32(21,26(35)36-8)16-14-31(25,30)7;1-20-10-12-29(6)23(28(20,4)5)11-13-30(7)24(29)18-22(33)25-21-19-27(2,3)14-16-32(21,26(34)35-9)17-15-31(25,30)8/h16,18,20-21,24,26,35H,10-15,17,19H2,1-7,9H3;17,19-21,24,26H,11-16,18H2,1-8,10H3;9,11,17,20-21,23,25,33H,10,12-16,18-19H2,1-8H3;10,12,18,20-21,23,25H,11,13-17,19H2,1-9H3/t20-,21-,24+,26-,29-,30+,31+,32+,33-;20-,21-,24-,26-,30-,31+,32+,33-;20-,21-,23+,25-,28-,29+,30+,31+,32-;20-,21-,23-,25-,29-,30+,31+,32-/m0000/s1. The van der Waals surface area contributed by atoms with Crippen molar-refractivity contribution < 1.29 is 67.5 Å². The van der Waals surface area contributed by atoms with Crippen LogP contribution < -0.4 is 0 Å². The molecular formula is C130H190N2O14. The van der Waals surface area contributed by atoms with Crippen LogP contribution in [0.5, 0.6) is 0 Å². The quantitative estimate of drug-likeness (QED) is 0.109. The highest BCUT2D eigenvalue weighted by Crippen LogP contribution is 2.83. The molecule has 20 aliphatic rings. The predicted molar refractivity (Wildman–Crippen MR) is 576 cm³/mol. The van der Waals surface area contributed by atoms with Crippen LogP contribution in [0.15, 0.2) is 94.4 Å². The number of carbonyl (C=O) groups excluding carboxylic acids is 8. The first-order valence-electron chi connectivity index (χ1n) is 57.6. The van der Waals surface area contributed by atoms with Gasteiger partial charge in [-0.3, -0.25) is 38.4 Å². The first-order chi connectivity index (χ1) is 67.4. The molecule has 20 aliphatic carbocycles. The smallest absolute Gasteiger partial charge is 0.312 e. The summed E-state index contributed by atoms with van der Waals surface area (Å²) in [5.41, 5.74) is 1.88. The van der Waals surface area contributed by atoms with Crippen molar-refractivity contribution in [3.63, 3.8) is 0 Å². The molecule has 12 saturated carbocycles. The summed E-state index contributed by atoms with van der Waals surface area (Å²) in [6.07, 6.45) is 47.9. The van der Waals surface area contributed by atoms with Gasteiger partial charge in [-0.2, -0.15) is 0 Å². The number of aliphatic hydroxyl groups is 2. The summed E-state index contributed by atoms with van der Waals surface area (Å²) >= 11 is 0. The van der Waals surface area contributed by atoms with Crippen LogP contribution >= 0.6 is 0 Å². The van der Waals surface area contributed by atoms with Gasteiger partial charge in [-0.05, 0) is 356 Å². The fourth-order valence-electron chi connectivity index (χ4n) is 41.6. The highest BCUT2D eigenvalue weighted by Gasteiger charge is 2.78. The van der Waals surface area contributed by atoms with Crippen molar-refractivity contribution in [2.24, 2.45) is 225 Å². The maximum Gasteiger partial charge on any atom is 0.312 e. The lowest BCUT2D eigenvalue weighted by molar-refractivity contribution is -0.192. The number of ether oxygens (including phenoxy) is 4. The van der Waals surface area contributed by atoms with E-state index in [1.54, 1.807) is 0 Å². The van der Waals surface area contributed by atoms with Crippen molar-refractivity contribution in [2.75, 3.05) is 41.7 Å². The molecule has 804 valence electrons. The molecule has 0 spiro atoms. The van der Waals surface area contributed by atoms with E-state index in [0.29, 0.717) is 35.3 Å². The number of carbonyl (C=O) groups is 8. The van der Waals surface area contributed by atoms with Gasteiger partial charge in [-0.25, -0.2) is 9.69 Å². The monoisotopic (exact) mass is 2000 g/mol. The average molecular weight is 2000 g/mol. The molecule has 146 heavy (non-hydrogen) atoms. The van der Waals surface area contributed by atoms with Crippen molar-refractivity contribution in [2.45, 2.75) is 387 Å². The Morgan fingerprint density at radius 1 is 0.315 bits per heavy atom. The SMILES string of the molecule is COC(=O)[C@]12CCC(C)(C)C[C@H]1[C@H]1C(=O)C=C3[C@@]4(C)C=C[C@H](C)C(C)(C)[C@@H]4CC[C@@]3(C)[C@]1(C)CC2.COC(=O)[C@]12CCC(C)(C)C[C@H]1[C@H]1C(=O)C=C3[C@@]4(C)C=C[C@H](C)[C@@](C)(CO)[C@@H]4CC[C@@]3(C)[C@]1(C)CC2.[C-]#[N+]C1=C[C@]2(C)C3=CC(=O)[C@@H]4[C@@H]5CC(C)(C)CC[C@]5(C(=O)OC)CC[C@@]4(C)[C@]3(C)CC[C@H]2C(C)(C)[C@H]1C.[C-]#[N+]C1=C[C@]2(C)C3=CC(=O)[C@@H]4[C@@H]5CC(C)(C)CC[C@]5(C(=O)OC)CC[C@@]4(C)[C@]3(C)CC[C@H]2[C@](C)(CO)[C@H]1C. The Hall–Kier alpha value is -6.62. The highest BCUT2D eigenvalue weighted by atomic mass is 16.5. The van der Waals surface area contributed by atoms with Gasteiger partial charge in [0.25, 0.3) is 0 Å². The number of aliphatic hydroxyl groups excluding tert-OH is 2. The van der Waals surface area contributed by atoms with E-state index in [0.717, 1.165) is 185 Å². The molecule has 0 aromatic carbocycles. The van der Waals surface area contributed by atoms with E-state index in [1.807, 2.05) is 18.2 Å². The minimum absolute atomic E-state index is 0.00673. The third-order valence-electron chi connectivity index (χ3n) is 52.6. The third kappa shape index (κ3) is 14.7. The van der Waals surface area contributed by atoms with Crippen LogP contribution in [0.2, 0.25) is 0 Å². The Morgan fingerprint density at radius 2 is 0.555 bits per heavy atom. The van der Waals surface area contributed by atoms with Crippen molar-refractivity contribution in [1.29, 1.82) is 0 Å². The number of methoxy groups -OCH3 is 4. The first-order valence-corrected chi connectivity index (χ1v) is 57.6. The minimum atomic E-state index is -0.584. The van der Waals surface area contributed by atoms with E-state index >= 15 is 0 Å². The van der Waals surface area contributed by atoms with Gasteiger partial charge in [0.15, 0.2) is 34.5 Å². The predicted octanol–water partition coefficient (Wildman–Crippen LogP) is 28.6. The zero-order chi connectivity index (χ0) is 108. The molecule has 0 unspecified atom stereocenters. The van der Waals surface area contributed by atoms with Crippen LogP contribution in [0.4, 0.5) is 0 Å². The van der Waals surface area contributed by atoms with E-state index in [-0.39, 0.29) is 223 Å². The van der Waals surface area contributed by atoms with Gasteiger partial charge in [-0.15, -0.1) is 0 Å². The molecule has 0 bridgehead atoms. The fraction of sp³-hybridized carbons (Fsp3) is 0.800. The maximum atomic E-state index is 14.5. The van der Waals surface area contributed by atoms with Gasteiger partial charge in [0, 0.05) is 64.0 Å². The summed E-state index contributed by atoms with van der Waals surface area (Å²) < 4.78 is 21.7. The van der Waals surface area contributed by atoms with Crippen LogP contribution in [0.25, 0.3) is 9.69 Å². The van der Waals surface area contributed by atoms with Gasteiger partial charge in [0.05, 0.1) is 63.2 Å². The normalized spacial score (nSPS) is 49.4. The van der Waals surface area contributed by atoms with Crippen LogP contribution in [0.3, 0.4) is 0 Å². The number of esters is 4. The van der Waals surface area contributed by atoms with E-state index < -0.39 is 32.5 Å². The molecule has 0 aromatic heterocycles. The molecule has 2 N–H and O–H groups in total. The van der Waals surface area contributed by atoms with Gasteiger partial charge in [-0.1, -0.05) is 266 Å². The highest BCUT2D eigenvalue weighted by molar-refractivity contribution is 5.99. The number of hydrogen-bond acceptors (Lipinski definition) is 14. The van der Waals surface area contributed by atoms with Crippen molar-refractivity contribution in [3.05, 3.63) is 117 Å². The lowest BCUT2D eigenvalue weighted by Gasteiger charge is -2.69. The van der Waals surface area contributed by atoms with Crippen LogP contribution in [-0.4, -0.2) is 98.9 Å². The number of nitrogens with zero attached hydrogens (tertiary/aromatic N) is 2. The Labute approximate surface area is 880 Å². The minimum Gasteiger partial charge on any atom is -0.469 e. The Bertz CT molecular complexity index is 5760. The zero-order valence-corrected chi connectivity index (χ0v) is 96.9. The molecular weight excluding hydrogens is 1810 g/mol. The third-order valence-corrected chi connectivity index (χ3v) is 52.6. The van der Waals surface area contributed by atoms with Crippen LogP contribution in [0, 0.1) is 238 Å². The van der Waals surface area contributed by atoms with E-state index in [4.69, 9.17) is 32.1 Å². The lowest BCUT2D eigenvalue weighted by atomic mass is 9.34. The molecule has 0 heterocycles. The molecule has 0 aromatic rings. The summed E-state index contributed by atoms with van der Waals surface area (Å²) in [7, 11) is 6.05. The van der Waals surface area contributed by atoms with E-state index in [9.17, 15) is 48.6 Å². The summed E-state index contributed by atoms with van der Waals surface area (Å²) in [5, 5.41) is 21.2. The molecule has 0 amide bonds. The molecule has 0 saturated heterocycles. The second-order valence-electron chi connectivity index (χ2n) is 60.8. The molecule has 20 rings (SSSR count). The Kier molecular flexibility index (Phi) is 26.5. The Balaban J connectivity index is 0.000000133. The van der Waals surface area contributed by atoms with Crippen molar-refractivity contribution in [3.8, 4) is 0 Å². The number of hydrogen-bond donors (Lipinski definition) is 2. The zero-order valence-electron chi connectivity index (χ0n) is 96.9. The van der Waals surface area contributed by atoms with Gasteiger partial charge in [0.1, 0.15) is 0 Å². The second kappa shape index (κ2) is 34.9. The summed E-state index contributed by atoms with van der Waals surface area (Å²) in [6, 6.07) is 0. The summed E-state index contributed by atoms with van der Waals surface area (Å²) in [4.78, 5) is 119. The number of rotatable bonds is 6. The van der Waals surface area contributed by atoms with Gasteiger partial charge < -0.3 is 29.2 Å². The maximum absolute atomic E-state index is 14.5. The van der Waals surface area contributed by atoms with Gasteiger partial charge in [0.2, 0.25) is 0 Å². The second-order valence-corrected chi connectivity index (χ2v) is 60.8. The molecule has 16 nitrogen and oxygen atoms in total. The van der Waals surface area contributed by atoms with E-state index in [1.165, 1.54) is 51.6 Å². The lowest BCUT2D eigenvalue weighted by Crippen LogP contribution is -2.66. The first kappa shape index (κ1) is 111. The number of ketones is 4. The summed E-state index contributed by atoms with van der Waals surface area (Å²) in [6.45, 7) is 85.6. The van der Waals surface area contributed by atoms with E-state index in [2.05, 4.69) is 260 Å². The topological polar surface area (TPSA) is 223 Å². The molecule has 16 heteroatoms. The largest absolute Gasteiger partial charge is 0.469 e. The van der Waals surface area contributed by atoms with Crippen molar-refractivity contribution in [1.82, 2.24) is 0 Å².